The van der Waals surface area contributed by atoms with E-state index in [1.165, 1.54) is 25.3 Å². The smallest absolute Gasteiger partial charge is 0.428 e. The number of hydrogen-bond acceptors (Lipinski definition) is 4. The quantitative estimate of drug-likeness (QED) is 0.367. The standard InChI is InChI=1S/C28H27ClF4N4O3/c1-19(38)36-12-14-37(15-13-36)26(39)35-27(17-20-6-3-2-4-7-20,24-11-10-22(29)18-34-24)21-8-5-9-23(16-21)40-28(32,33)25(30)31/h2-11,16,18,25H,12-15,17H2,1H3,(H,35,39). The number of nitrogens with one attached hydrogen (secondary N) is 1. The third-order valence-corrected chi connectivity index (χ3v) is 6.87. The highest BCUT2D eigenvalue weighted by molar-refractivity contribution is 6.30. The van der Waals surface area contributed by atoms with Gasteiger partial charge in [-0.2, -0.15) is 17.6 Å². The lowest BCUT2D eigenvalue weighted by molar-refractivity contribution is -0.253. The van der Waals surface area contributed by atoms with Gasteiger partial charge in [-0.15, -0.1) is 0 Å². The van der Waals surface area contributed by atoms with Crippen LogP contribution in [0.25, 0.3) is 0 Å². The largest absolute Gasteiger partial charge is 0.461 e. The molecule has 0 radical (unpaired) electrons. The van der Waals surface area contributed by atoms with Gasteiger partial charge in [-0.1, -0.05) is 54.1 Å². The molecule has 1 N–H and O–H groups in total. The molecule has 1 unspecified atom stereocenters. The zero-order valence-electron chi connectivity index (χ0n) is 21.5. The molecule has 12 heteroatoms. The number of benzene rings is 2. The van der Waals surface area contributed by atoms with Crippen molar-refractivity contribution in [1.82, 2.24) is 20.1 Å². The maximum Gasteiger partial charge on any atom is 0.461 e. The van der Waals surface area contributed by atoms with Crippen LogP contribution in [0.15, 0.2) is 72.9 Å². The molecule has 1 atom stereocenters. The van der Waals surface area contributed by atoms with E-state index in [2.05, 4.69) is 15.0 Å². The van der Waals surface area contributed by atoms with E-state index in [-0.39, 0.29) is 31.0 Å². The molecule has 1 fully saturated rings. The first-order valence-corrected chi connectivity index (χ1v) is 12.8. The van der Waals surface area contributed by atoms with E-state index < -0.39 is 29.9 Å². The third kappa shape index (κ3) is 6.64. The van der Waals surface area contributed by atoms with Crippen LogP contribution in [0, 0.1) is 0 Å². The Labute approximate surface area is 233 Å². The van der Waals surface area contributed by atoms with Crippen LogP contribution in [0.4, 0.5) is 22.4 Å². The van der Waals surface area contributed by atoms with Gasteiger partial charge >= 0.3 is 18.6 Å². The number of carbonyl (C=O) groups excluding carboxylic acids is 2. The number of ether oxygens (including phenoxy) is 1. The van der Waals surface area contributed by atoms with E-state index in [9.17, 15) is 27.2 Å². The van der Waals surface area contributed by atoms with Gasteiger partial charge in [0.05, 0.1) is 10.7 Å². The summed E-state index contributed by atoms with van der Waals surface area (Å²) in [5, 5.41) is 3.38. The van der Waals surface area contributed by atoms with Crippen LogP contribution < -0.4 is 10.1 Å². The molecule has 0 spiro atoms. The third-order valence-electron chi connectivity index (χ3n) is 6.64. The fraction of sp³-hybridized carbons (Fsp3) is 0.321. The minimum atomic E-state index is -4.72. The number of carbonyl (C=O) groups is 2. The lowest BCUT2D eigenvalue weighted by Gasteiger charge is -2.40. The van der Waals surface area contributed by atoms with Crippen LogP contribution in [0.3, 0.4) is 0 Å². The molecule has 2 aromatic carbocycles. The molecule has 1 aliphatic rings. The number of halogens is 5. The van der Waals surface area contributed by atoms with Crippen molar-refractivity contribution in [1.29, 1.82) is 0 Å². The first kappa shape index (κ1) is 29.1. The van der Waals surface area contributed by atoms with E-state index in [1.54, 1.807) is 40.1 Å². The number of urea groups is 1. The molecule has 212 valence electrons. The molecule has 1 aliphatic heterocycles. The van der Waals surface area contributed by atoms with Gasteiger partial charge in [0.25, 0.3) is 0 Å². The highest BCUT2D eigenvalue weighted by Crippen LogP contribution is 2.36. The molecular formula is C28H27ClF4N4O3. The lowest BCUT2D eigenvalue weighted by atomic mass is 9.80. The summed E-state index contributed by atoms with van der Waals surface area (Å²) in [7, 11) is 0. The van der Waals surface area contributed by atoms with Crippen LogP contribution in [0.1, 0.15) is 23.7 Å². The predicted molar refractivity (Wildman–Crippen MR) is 141 cm³/mol. The number of pyridine rings is 1. The van der Waals surface area contributed by atoms with Crippen LogP contribution in [-0.4, -0.2) is 65.4 Å². The molecule has 3 amide bonds. The van der Waals surface area contributed by atoms with Crippen LogP contribution in [-0.2, 0) is 16.8 Å². The Morgan fingerprint density at radius 1 is 1.00 bits per heavy atom. The van der Waals surface area contributed by atoms with E-state index in [1.807, 2.05) is 18.2 Å². The SMILES string of the molecule is CC(=O)N1CCN(C(=O)NC(Cc2ccccc2)(c2cccc(OC(F)(F)C(F)F)c2)c2ccc(Cl)cn2)CC1. The lowest BCUT2D eigenvalue weighted by Crippen LogP contribution is -2.58. The molecule has 0 bridgehead atoms. The van der Waals surface area contributed by atoms with Gasteiger partial charge in [-0.25, -0.2) is 4.79 Å². The average molecular weight is 579 g/mol. The number of amides is 3. The molecule has 4 rings (SSSR count). The Morgan fingerprint density at radius 3 is 2.27 bits per heavy atom. The molecule has 0 aliphatic carbocycles. The van der Waals surface area contributed by atoms with Gasteiger partial charge in [0.1, 0.15) is 11.3 Å². The summed E-state index contributed by atoms with van der Waals surface area (Å²) >= 11 is 6.10. The fourth-order valence-corrected chi connectivity index (χ4v) is 4.68. The zero-order valence-corrected chi connectivity index (χ0v) is 22.3. The molecule has 0 saturated carbocycles. The van der Waals surface area contributed by atoms with Crippen molar-refractivity contribution in [2.45, 2.75) is 31.4 Å². The second kappa shape index (κ2) is 12.1. The number of hydrogen-bond donors (Lipinski definition) is 1. The number of rotatable bonds is 8. The highest BCUT2D eigenvalue weighted by Gasteiger charge is 2.45. The molecule has 3 aromatic rings. The van der Waals surface area contributed by atoms with Crippen LogP contribution >= 0.6 is 11.6 Å². The number of piperazine rings is 1. The van der Waals surface area contributed by atoms with E-state index in [4.69, 9.17) is 11.6 Å². The molecule has 2 heterocycles. The average Bonchev–Trinajstić information content (AvgIpc) is 2.93. The molecular weight excluding hydrogens is 552 g/mol. The maximum atomic E-state index is 13.8. The highest BCUT2D eigenvalue weighted by atomic mass is 35.5. The second-order valence-electron chi connectivity index (χ2n) is 9.35. The summed E-state index contributed by atoms with van der Waals surface area (Å²) in [6.07, 6.45) is -7.26. The Bertz CT molecular complexity index is 1320. The number of aromatic nitrogens is 1. The van der Waals surface area contributed by atoms with Crippen molar-refractivity contribution in [2.24, 2.45) is 0 Å². The van der Waals surface area contributed by atoms with Crippen molar-refractivity contribution < 1.29 is 31.9 Å². The Kier molecular flexibility index (Phi) is 8.82. The van der Waals surface area contributed by atoms with E-state index >= 15 is 0 Å². The van der Waals surface area contributed by atoms with Crippen LogP contribution in [0.5, 0.6) is 5.75 Å². The Morgan fingerprint density at radius 2 is 1.68 bits per heavy atom. The maximum absolute atomic E-state index is 13.8. The van der Waals surface area contributed by atoms with Gasteiger partial charge in [-0.05, 0) is 35.4 Å². The molecule has 7 nitrogen and oxygen atoms in total. The van der Waals surface area contributed by atoms with Crippen molar-refractivity contribution in [3.8, 4) is 5.75 Å². The van der Waals surface area contributed by atoms with Gasteiger partial charge < -0.3 is 19.9 Å². The zero-order chi connectivity index (χ0) is 28.9. The molecule has 40 heavy (non-hydrogen) atoms. The van der Waals surface area contributed by atoms with Crippen molar-refractivity contribution in [2.75, 3.05) is 26.2 Å². The van der Waals surface area contributed by atoms with E-state index in [0.29, 0.717) is 23.8 Å². The predicted octanol–water partition coefficient (Wildman–Crippen LogP) is 5.33. The number of nitrogens with zero attached hydrogens (tertiary/aromatic N) is 3. The summed E-state index contributed by atoms with van der Waals surface area (Å²) in [4.78, 5) is 33.1. The fourth-order valence-electron chi connectivity index (χ4n) is 4.56. The van der Waals surface area contributed by atoms with Crippen molar-refractivity contribution >= 4 is 23.5 Å². The number of alkyl halides is 4. The second-order valence-corrected chi connectivity index (χ2v) is 9.78. The van der Waals surface area contributed by atoms with Crippen molar-refractivity contribution in [3.63, 3.8) is 0 Å². The van der Waals surface area contributed by atoms with Crippen LogP contribution in [0.2, 0.25) is 5.02 Å². The first-order chi connectivity index (χ1) is 19.0. The Balaban J connectivity index is 1.80. The first-order valence-electron chi connectivity index (χ1n) is 12.4. The summed E-state index contributed by atoms with van der Waals surface area (Å²) < 4.78 is 57.8. The van der Waals surface area contributed by atoms with Gasteiger partial charge in [0, 0.05) is 45.7 Å². The summed E-state index contributed by atoms with van der Waals surface area (Å²) in [6, 6.07) is 17.0. The topological polar surface area (TPSA) is 74.8 Å². The Hall–Kier alpha value is -3.86. The molecule has 1 saturated heterocycles. The molecule has 1 aromatic heterocycles. The minimum Gasteiger partial charge on any atom is -0.428 e. The summed E-state index contributed by atoms with van der Waals surface area (Å²) in [5.41, 5.74) is -0.0934. The monoisotopic (exact) mass is 578 g/mol. The minimum absolute atomic E-state index is 0.0961. The van der Waals surface area contributed by atoms with Gasteiger partial charge in [0.15, 0.2) is 0 Å². The summed E-state index contributed by atoms with van der Waals surface area (Å²) in [6.45, 7) is 2.69. The van der Waals surface area contributed by atoms with E-state index in [0.717, 1.165) is 11.6 Å². The van der Waals surface area contributed by atoms with Gasteiger partial charge in [-0.3, -0.25) is 9.78 Å². The normalized spacial score (nSPS) is 15.5. The van der Waals surface area contributed by atoms with Gasteiger partial charge in [0.2, 0.25) is 5.91 Å². The van der Waals surface area contributed by atoms with Crippen molar-refractivity contribution in [3.05, 3.63) is 94.8 Å². The summed E-state index contributed by atoms with van der Waals surface area (Å²) in [5.74, 6) is -0.611.